The van der Waals surface area contributed by atoms with Gasteiger partial charge in [-0.15, -0.1) is 0 Å². The summed E-state index contributed by atoms with van der Waals surface area (Å²) in [6, 6.07) is 8.95. The third-order valence-corrected chi connectivity index (χ3v) is 9.58. The van der Waals surface area contributed by atoms with Gasteiger partial charge in [0.2, 0.25) is 0 Å². The maximum Gasteiger partial charge on any atom is 0.166 e. The quantitative estimate of drug-likeness (QED) is 0.436. The van der Waals surface area contributed by atoms with E-state index in [2.05, 4.69) is 19.1 Å². The van der Waals surface area contributed by atoms with E-state index in [1.807, 2.05) is 0 Å². The van der Waals surface area contributed by atoms with Crippen LogP contribution in [0.5, 0.6) is 0 Å². The van der Waals surface area contributed by atoms with Crippen LogP contribution in [-0.2, 0) is 0 Å². The molecule has 2 aromatic rings. The van der Waals surface area contributed by atoms with Gasteiger partial charge < -0.3 is 0 Å². The molecular formula is C30H40F2. The van der Waals surface area contributed by atoms with Crippen LogP contribution in [-0.4, -0.2) is 0 Å². The molecule has 0 aliphatic heterocycles. The van der Waals surface area contributed by atoms with Gasteiger partial charge in [0.15, 0.2) is 11.6 Å². The summed E-state index contributed by atoms with van der Waals surface area (Å²) in [5.41, 5.74) is 1.33. The maximum absolute atomic E-state index is 14.1. The Kier molecular flexibility index (Phi) is 6.86. The van der Waals surface area contributed by atoms with Gasteiger partial charge in [0, 0.05) is 5.39 Å². The first-order chi connectivity index (χ1) is 15.6. The van der Waals surface area contributed by atoms with E-state index in [0.717, 1.165) is 35.0 Å². The predicted molar refractivity (Wildman–Crippen MR) is 130 cm³/mol. The molecule has 0 aromatic heterocycles. The molecule has 4 unspecified atom stereocenters. The lowest BCUT2D eigenvalue weighted by Crippen LogP contribution is -2.34. The fourth-order valence-corrected chi connectivity index (χ4v) is 7.64. The number of hydrogen-bond donors (Lipinski definition) is 0. The van der Waals surface area contributed by atoms with E-state index in [4.69, 9.17) is 0 Å². The fourth-order valence-electron chi connectivity index (χ4n) is 7.64. The van der Waals surface area contributed by atoms with E-state index in [0.29, 0.717) is 11.3 Å². The van der Waals surface area contributed by atoms with Crippen LogP contribution >= 0.6 is 0 Å². The van der Waals surface area contributed by atoms with Crippen molar-refractivity contribution in [3.05, 3.63) is 47.5 Å². The molecule has 0 spiro atoms. The molecule has 0 radical (unpaired) electrons. The summed E-state index contributed by atoms with van der Waals surface area (Å²) in [5.74, 6) is 3.92. The van der Waals surface area contributed by atoms with E-state index in [1.54, 1.807) is 12.1 Å². The van der Waals surface area contributed by atoms with Crippen molar-refractivity contribution < 1.29 is 8.78 Å². The standard InChI is InChI=1S/C30H40F2/c1-2-3-4-20-5-7-21(8-6-20)22-9-10-24-18-25(12-11-23(24)17-22)26-13-15-28-27(19-26)14-16-29(31)30(28)32/h13-16,19-25H,2-12,17-18H2,1H3. The third-order valence-electron chi connectivity index (χ3n) is 9.58. The Balaban J connectivity index is 1.17. The molecule has 5 rings (SSSR count). The highest BCUT2D eigenvalue weighted by Gasteiger charge is 2.39. The predicted octanol–water partition coefficient (Wildman–Crippen LogP) is 9.41. The van der Waals surface area contributed by atoms with Gasteiger partial charge in [-0.25, -0.2) is 8.78 Å². The SMILES string of the molecule is CCCCC1CCC(C2CCC3CC(c4ccc5c(F)c(F)ccc5c4)CCC3C2)CC1. The first-order valence-corrected chi connectivity index (χ1v) is 13.5. The first-order valence-electron chi connectivity index (χ1n) is 13.5. The zero-order valence-corrected chi connectivity index (χ0v) is 19.8. The summed E-state index contributed by atoms with van der Waals surface area (Å²) in [7, 11) is 0. The summed E-state index contributed by atoms with van der Waals surface area (Å²) in [6.07, 6.45) is 18.4. The molecule has 2 aromatic carbocycles. The molecule has 3 saturated carbocycles. The zero-order valence-electron chi connectivity index (χ0n) is 19.8. The Hall–Kier alpha value is -1.44. The first kappa shape index (κ1) is 22.4. The van der Waals surface area contributed by atoms with Crippen molar-refractivity contribution in [2.45, 2.75) is 96.3 Å². The average molecular weight is 439 g/mol. The lowest BCUT2D eigenvalue weighted by atomic mass is 9.60. The Morgan fingerprint density at radius 1 is 0.750 bits per heavy atom. The van der Waals surface area contributed by atoms with Gasteiger partial charge in [0.1, 0.15) is 0 Å². The zero-order chi connectivity index (χ0) is 22.1. The summed E-state index contributed by atoms with van der Waals surface area (Å²) in [5, 5.41) is 1.24. The Morgan fingerprint density at radius 3 is 2.22 bits per heavy atom. The second-order valence-electron chi connectivity index (χ2n) is 11.4. The monoisotopic (exact) mass is 438 g/mol. The van der Waals surface area contributed by atoms with Crippen LogP contribution in [0.15, 0.2) is 30.3 Å². The lowest BCUT2D eigenvalue weighted by molar-refractivity contribution is 0.0711. The van der Waals surface area contributed by atoms with Gasteiger partial charge in [0.25, 0.3) is 0 Å². The molecule has 2 heteroatoms. The lowest BCUT2D eigenvalue weighted by Gasteiger charge is -2.45. The van der Waals surface area contributed by atoms with Gasteiger partial charge >= 0.3 is 0 Å². The van der Waals surface area contributed by atoms with Crippen LogP contribution in [0.2, 0.25) is 0 Å². The third kappa shape index (κ3) is 4.62. The molecule has 4 atom stereocenters. The maximum atomic E-state index is 14.1. The topological polar surface area (TPSA) is 0 Å². The number of hydrogen-bond acceptors (Lipinski definition) is 0. The highest BCUT2D eigenvalue weighted by atomic mass is 19.2. The normalized spacial score (nSPS) is 33.2. The van der Waals surface area contributed by atoms with Crippen molar-refractivity contribution in [3.63, 3.8) is 0 Å². The number of rotatable bonds is 5. The van der Waals surface area contributed by atoms with Gasteiger partial charge in [-0.1, -0.05) is 63.3 Å². The van der Waals surface area contributed by atoms with E-state index >= 15 is 0 Å². The van der Waals surface area contributed by atoms with Crippen LogP contribution in [0.25, 0.3) is 10.8 Å². The average Bonchev–Trinajstić information content (AvgIpc) is 2.84. The van der Waals surface area contributed by atoms with Crippen molar-refractivity contribution in [3.8, 4) is 0 Å². The van der Waals surface area contributed by atoms with Crippen LogP contribution in [0.4, 0.5) is 8.78 Å². The minimum atomic E-state index is -0.753. The van der Waals surface area contributed by atoms with Gasteiger partial charge in [-0.05, 0) is 104 Å². The molecule has 0 nitrogen and oxygen atoms in total. The van der Waals surface area contributed by atoms with E-state index in [9.17, 15) is 8.78 Å². The van der Waals surface area contributed by atoms with Crippen molar-refractivity contribution in [2.75, 3.05) is 0 Å². The molecule has 0 saturated heterocycles. The van der Waals surface area contributed by atoms with Crippen LogP contribution in [0.1, 0.15) is 102 Å². The smallest absolute Gasteiger partial charge is 0.166 e. The van der Waals surface area contributed by atoms with Gasteiger partial charge in [-0.3, -0.25) is 0 Å². The Bertz CT molecular complexity index is 910. The molecule has 0 N–H and O–H groups in total. The van der Waals surface area contributed by atoms with Crippen LogP contribution < -0.4 is 0 Å². The highest BCUT2D eigenvalue weighted by molar-refractivity contribution is 5.84. The molecule has 3 aliphatic rings. The highest BCUT2D eigenvalue weighted by Crippen LogP contribution is 2.51. The number of fused-ring (bicyclic) bond motifs is 2. The minimum Gasteiger partial charge on any atom is -0.204 e. The second kappa shape index (κ2) is 9.82. The number of unbranched alkanes of at least 4 members (excludes halogenated alkanes) is 1. The van der Waals surface area contributed by atoms with Crippen LogP contribution in [0, 0.1) is 41.2 Å². The molecule has 0 amide bonds. The largest absolute Gasteiger partial charge is 0.204 e. The summed E-state index contributed by atoms with van der Waals surface area (Å²) in [6.45, 7) is 2.32. The van der Waals surface area contributed by atoms with Crippen molar-refractivity contribution in [1.82, 2.24) is 0 Å². The second-order valence-corrected chi connectivity index (χ2v) is 11.4. The van der Waals surface area contributed by atoms with Gasteiger partial charge in [-0.2, -0.15) is 0 Å². The molecule has 0 heterocycles. The molecule has 3 aliphatic carbocycles. The Morgan fingerprint density at radius 2 is 1.44 bits per heavy atom. The molecule has 174 valence electrons. The van der Waals surface area contributed by atoms with Crippen molar-refractivity contribution in [2.24, 2.45) is 29.6 Å². The molecule has 3 fully saturated rings. The van der Waals surface area contributed by atoms with E-state index in [-0.39, 0.29) is 0 Å². The summed E-state index contributed by atoms with van der Waals surface area (Å²) < 4.78 is 27.6. The summed E-state index contributed by atoms with van der Waals surface area (Å²) >= 11 is 0. The Labute approximate surface area is 193 Å². The fraction of sp³-hybridized carbons (Fsp3) is 0.667. The van der Waals surface area contributed by atoms with Crippen LogP contribution in [0.3, 0.4) is 0 Å². The van der Waals surface area contributed by atoms with E-state index in [1.165, 1.54) is 95.1 Å². The summed E-state index contributed by atoms with van der Waals surface area (Å²) in [4.78, 5) is 0. The molecule has 32 heavy (non-hydrogen) atoms. The number of halogens is 2. The molecule has 0 bridgehead atoms. The minimum absolute atomic E-state index is 0.410. The van der Waals surface area contributed by atoms with Gasteiger partial charge in [0.05, 0.1) is 0 Å². The number of benzene rings is 2. The van der Waals surface area contributed by atoms with Crippen molar-refractivity contribution >= 4 is 10.8 Å². The molecular weight excluding hydrogens is 398 g/mol. The van der Waals surface area contributed by atoms with E-state index < -0.39 is 11.6 Å². The van der Waals surface area contributed by atoms with Crippen molar-refractivity contribution in [1.29, 1.82) is 0 Å².